The Morgan fingerprint density at radius 1 is 1.36 bits per heavy atom. The van der Waals surface area contributed by atoms with Gasteiger partial charge < -0.3 is 19.6 Å². The fourth-order valence-electron chi connectivity index (χ4n) is 3.18. The lowest BCUT2D eigenvalue weighted by Crippen LogP contribution is -2.37. The van der Waals surface area contributed by atoms with E-state index in [1.807, 2.05) is 13.1 Å². The third-order valence-electron chi connectivity index (χ3n) is 4.33. The average molecular weight is 349 g/mol. The maximum absolute atomic E-state index is 10.8. The first-order valence-electron chi connectivity index (χ1n) is 8.10. The van der Waals surface area contributed by atoms with Gasteiger partial charge in [-0.25, -0.2) is 4.68 Å². The Morgan fingerprint density at radius 2 is 2.16 bits per heavy atom. The van der Waals surface area contributed by atoms with Crippen LogP contribution in [0.5, 0.6) is 6.01 Å². The summed E-state index contributed by atoms with van der Waals surface area (Å²) in [6.07, 6.45) is 3.30. The van der Waals surface area contributed by atoms with Crippen molar-refractivity contribution in [2.24, 2.45) is 0 Å². The first kappa shape index (κ1) is 16.0. The van der Waals surface area contributed by atoms with Gasteiger partial charge in [-0.3, -0.25) is 9.47 Å². The lowest BCUT2D eigenvalue weighted by molar-refractivity contribution is -0.389. The molecule has 1 fully saturated rings. The van der Waals surface area contributed by atoms with E-state index in [9.17, 15) is 10.1 Å². The molecule has 0 amide bonds. The third-order valence-corrected chi connectivity index (χ3v) is 4.33. The summed E-state index contributed by atoms with van der Waals surface area (Å²) in [6.45, 7) is 6.92. The second-order valence-corrected chi connectivity index (χ2v) is 6.61. The van der Waals surface area contributed by atoms with E-state index in [0.717, 1.165) is 38.5 Å². The summed E-state index contributed by atoms with van der Waals surface area (Å²) in [6, 6.07) is 0.267. The second kappa shape index (κ2) is 6.08. The van der Waals surface area contributed by atoms with Gasteiger partial charge in [0.15, 0.2) is 0 Å². The van der Waals surface area contributed by atoms with Crippen molar-refractivity contribution in [2.75, 3.05) is 26.3 Å². The summed E-state index contributed by atoms with van der Waals surface area (Å²) in [7, 11) is 0. The Balaban J connectivity index is 1.39. The number of imidazole rings is 1. The van der Waals surface area contributed by atoms with Crippen molar-refractivity contribution >= 4 is 5.82 Å². The van der Waals surface area contributed by atoms with Crippen molar-refractivity contribution in [3.63, 3.8) is 0 Å². The number of nitrogens with zero attached hydrogens (tertiary/aromatic N) is 7. The molecule has 2 aromatic rings. The molecule has 0 spiro atoms. The fourth-order valence-corrected chi connectivity index (χ4v) is 3.18. The van der Waals surface area contributed by atoms with Gasteiger partial charge in [-0.15, -0.1) is 5.10 Å². The molecule has 2 aliphatic heterocycles. The molecule has 0 saturated carbocycles. The smallest absolute Gasteiger partial charge is 0.415 e. The number of morpholine rings is 1. The lowest BCUT2D eigenvalue weighted by atomic mass is 10.1. The van der Waals surface area contributed by atoms with Gasteiger partial charge >= 0.3 is 11.8 Å². The van der Waals surface area contributed by atoms with E-state index in [0.29, 0.717) is 13.1 Å². The maximum atomic E-state index is 10.8. The number of fused-ring (bicyclic) bond motifs is 1. The summed E-state index contributed by atoms with van der Waals surface area (Å²) >= 11 is 0. The number of rotatable bonds is 5. The topological polar surface area (TPSA) is 113 Å². The SMILES string of the molecule is CC1(Cn2cc(CN3CCOCC3)nn2)Cn2cc([N+](=O)[O-])nc2O1. The zero-order valence-electron chi connectivity index (χ0n) is 13.9. The molecule has 11 nitrogen and oxygen atoms in total. The largest absolute Gasteiger partial charge is 0.436 e. The minimum atomic E-state index is -0.568. The maximum Gasteiger partial charge on any atom is 0.415 e. The summed E-state index contributed by atoms with van der Waals surface area (Å²) in [4.78, 5) is 16.4. The minimum absolute atomic E-state index is 0.203. The van der Waals surface area contributed by atoms with E-state index in [2.05, 4.69) is 20.2 Å². The Hall–Kier alpha value is -2.53. The zero-order valence-corrected chi connectivity index (χ0v) is 13.9. The second-order valence-electron chi connectivity index (χ2n) is 6.61. The molecule has 4 heterocycles. The van der Waals surface area contributed by atoms with Crippen molar-refractivity contribution < 1.29 is 14.4 Å². The van der Waals surface area contributed by atoms with Gasteiger partial charge in [-0.2, -0.15) is 0 Å². The first-order chi connectivity index (χ1) is 12.0. The van der Waals surface area contributed by atoms with E-state index in [1.54, 1.807) is 9.25 Å². The van der Waals surface area contributed by atoms with Gasteiger partial charge in [-0.05, 0) is 11.8 Å². The quantitative estimate of drug-likeness (QED) is 0.550. The van der Waals surface area contributed by atoms with Crippen molar-refractivity contribution in [1.29, 1.82) is 0 Å². The van der Waals surface area contributed by atoms with Crippen LogP contribution in [0, 0.1) is 10.1 Å². The molecule has 2 aromatic heterocycles. The zero-order chi connectivity index (χ0) is 17.4. The molecular formula is C14H19N7O4. The van der Waals surface area contributed by atoms with Crippen molar-refractivity contribution in [1.82, 2.24) is 29.4 Å². The number of hydrogen-bond donors (Lipinski definition) is 0. The van der Waals surface area contributed by atoms with Gasteiger partial charge in [0, 0.05) is 30.8 Å². The lowest BCUT2D eigenvalue weighted by Gasteiger charge is -2.25. The minimum Gasteiger partial charge on any atom is -0.436 e. The van der Waals surface area contributed by atoms with Crippen molar-refractivity contribution in [3.8, 4) is 6.01 Å². The molecule has 0 N–H and O–H groups in total. The molecule has 0 radical (unpaired) electrons. The van der Waals surface area contributed by atoms with Crippen LogP contribution in [0.3, 0.4) is 0 Å². The van der Waals surface area contributed by atoms with Crippen LogP contribution in [-0.4, -0.2) is 66.3 Å². The van der Waals surface area contributed by atoms with Crippen LogP contribution < -0.4 is 4.74 Å². The van der Waals surface area contributed by atoms with E-state index >= 15 is 0 Å². The molecule has 0 bridgehead atoms. The van der Waals surface area contributed by atoms with Crippen LogP contribution in [0.2, 0.25) is 0 Å². The highest BCUT2D eigenvalue weighted by Crippen LogP contribution is 2.31. The molecule has 11 heteroatoms. The highest BCUT2D eigenvalue weighted by atomic mass is 16.6. The molecule has 1 saturated heterocycles. The van der Waals surface area contributed by atoms with Crippen LogP contribution >= 0.6 is 0 Å². The number of ether oxygens (including phenoxy) is 2. The van der Waals surface area contributed by atoms with Gasteiger partial charge in [0.1, 0.15) is 11.8 Å². The van der Waals surface area contributed by atoms with Crippen molar-refractivity contribution in [2.45, 2.75) is 32.2 Å². The molecular weight excluding hydrogens is 330 g/mol. The molecule has 1 unspecified atom stereocenters. The first-order valence-corrected chi connectivity index (χ1v) is 8.10. The number of hydrogen-bond acceptors (Lipinski definition) is 8. The van der Waals surface area contributed by atoms with Gasteiger partial charge in [0.25, 0.3) is 0 Å². The van der Waals surface area contributed by atoms with Crippen LogP contribution in [0.4, 0.5) is 5.82 Å². The van der Waals surface area contributed by atoms with Crippen LogP contribution in [0.1, 0.15) is 12.6 Å². The Labute approximate surface area is 143 Å². The fraction of sp³-hybridized carbons (Fsp3) is 0.643. The molecule has 2 aliphatic rings. The average Bonchev–Trinajstić information content (AvgIpc) is 3.22. The highest BCUT2D eigenvalue weighted by Gasteiger charge is 2.41. The van der Waals surface area contributed by atoms with E-state index in [4.69, 9.17) is 9.47 Å². The Bertz CT molecular complexity index is 756. The van der Waals surface area contributed by atoms with E-state index in [-0.39, 0.29) is 11.8 Å². The number of nitro groups is 1. The van der Waals surface area contributed by atoms with E-state index in [1.165, 1.54) is 6.20 Å². The molecule has 0 aliphatic carbocycles. The summed E-state index contributed by atoms with van der Waals surface area (Å²) in [5.74, 6) is -0.203. The Kier molecular flexibility index (Phi) is 3.88. The summed E-state index contributed by atoms with van der Waals surface area (Å²) < 4.78 is 14.6. The molecule has 1 atom stereocenters. The summed E-state index contributed by atoms with van der Waals surface area (Å²) in [5.41, 5.74) is 0.332. The van der Waals surface area contributed by atoms with Gasteiger partial charge in [0.05, 0.1) is 32.0 Å². The molecule has 4 rings (SSSR count). The molecule has 25 heavy (non-hydrogen) atoms. The van der Waals surface area contributed by atoms with Crippen molar-refractivity contribution in [3.05, 3.63) is 28.2 Å². The predicted molar refractivity (Wildman–Crippen MR) is 84.0 cm³/mol. The van der Waals surface area contributed by atoms with Gasteiger partial charge in [-0.1, -0.05) is 5.21 Å². The summed E-state index contributed by atoms with van der Waals surface area (Å²) in [5, 5.41) is 19.2. The van der Waals surface area contributed by atoms with Crippen LogP contribution in [-0.2, 0) is 24.4 Å². The van der Waals surface area contributed by atoms with Gasteiger partial charge in [0.2, 0.25) is 0 Å². The predicted octanol–water partition coefficient (Wildman–Crippen LogP) is 0.0663. The van der Waals surface area contributed by atoms with Crippen LogP contribution in [0.25, 0.3) is 0 Å². The normalized spacial score (nSPS) is 23.4. The monoisotopic (exact) mass is 349 g/mol. The molecule has 0 aromatic carbocycles. The molecule has 134 valence electrons. The number of aromatic nitrogens is 5. The van der Waals surface area contributed by atoms with E-state index < -0.39 is 10.5 Å². The third kappa shape index (κ3) is 3.33. The standard InChI is InChI=1S/C14H19N7O4/c1-14(9-19-8-12(21(22)23)15-13(19)25-14)10-20-7-11(16-17-20)6-18-2-4-24-5-3-18/h7-8H,2-6,9-10H2,1H3. The Morgan fingerprint density at radius 3 is 2.88 bits per heavy atom. The highest BCUT2D eigenvalue weighted by molar-refractivity contribution is 5.23. The van der Waals surface area contributed by atoms with Crippen LogP contribution in [0.15, 0.2) is 12.4 Å².